The summed E-state index contributed by atoms with van der Waals surface area (Å²) in [5.41, 5.74) is 0.317. The molecule has 0 fully saturated rings. The number of rotatable bonds is 1. The largest absolute Gasteiger partial charge is 0.416 e. The van der Waals surface area contributed by atoms with Crippen molar-refractivity contribution in [2.45, 2.75) is 6.18 Å². The Morgan fingerprint density at radius 3 is 2.55 bits per heavy atom. The summed E-state index contributed by atoms with van der Waals surface area (Å²) in [6.45, 7) is 0. The van der Waals surface area contributed by atoms with Crippen LogP contribution in [-0.4, -0.2) is 5.91 Å². The third kappa shape index (κ3) is 2.59. The predicted octanol–water partition coefficient (Wildman–Crippen LogP) is 4.34. The molecule has 0 aromatic heterocycles. The fourth-order valence-corrected chi connectivity index (χ4v) is 2.28. The zero-order valence-corrected chi connectivity index (χ0v) is 11.0. The zero-order chi connectivity index (χ0) is 15.9. The van der Waals surface area contributed by atoms with Crippen molar-refractivity contribution in [2.75, 3.05) is 5.32 Å². The molecule has 6 heteroatoms. The lowest BCUT2D eigenvalue weighted by molar-refractivity contribution is -0.137. The third-order valence-corrected chi connectivity index (χ3v) is 3.29. The first-order chi connectivity index (χ1) is 10.3. The Hall–Kier alpha value is -2.63. The number of benzene rings is 2. The molecule has 0 saturated carbocycles. The lowest BCUT2D eigenvalue weighted by atomic mass is 10.0. The second kappa shape index (κ2) is 4.98. The van der Waals surface area contributed by atoms with Crippen LogP contribution in [0.25, 0.3) is 11.6 Å². The Morgan fingerprint density at radius 1 is 1.05 bits per heavy atom. The van der Waals surface area contributed by atoms with Crippen molar-refractivity contribution in [3.63, 3.8) is 0 Å². The summed E-state index contributed by atoms with van der Waals surface area (Å²) in [7, 11) is 0. The highest BCUT2D eigenvalue weighted by Gasteiger charge is 2.30. The van der Waals surface area contributed by atoms with Crippen LogP contribution in [0.5, 0.6) is 0 Å². The van der Waals surface area contributed by atoms with E-state index in [1.54, 1.807) is 0 Å². The Balaban J connectivity index is 2.07. The van der Waals surface area contributed by atoms with Crippen LogP contribution in [0.2, 0.25) is 0 Å². The summed E-state index contributed by atoms with van der Waals surface area (Å²) in [4.78, 5) is 11.9. The van der Waals surface area contributed by atoms with Gasteiger partial charge in [-0.2, -0.15) is 13.2 Å². The van der Waals surface area contributed by atoms with E-state index < -0.39 is 23.5 Å². The second-order valence-electron chi connectivity index (χ2n) is 4.83. The van der Waals surface area contributed by atoms with Crippen molar-refractivity contribution in [3.05, 3.63) is 65.0 Å². The number of anilines is 1. The molecule has 0 bridgehead atoms. The predicted molar refractivity (Wildman–Crippen MR) is 74.3 cm³/mol. The van der Waals surface area contributed by atoms with Crippen LogP contribution in [0, 0.1) is 5.82 Å². The van der Waals surface area contributed by atoms with Gasteiger partial charge in [0.15, 0.2) is 0 Å². The van der Waals surface area contributed by atoms with E-state index in [-0.39, 0.29) is 11.1 Å². The number of amides is 1. The Morgan fingerprint density at radius 2 is 1.82 bits per heavy atom. The van der Waals surface area contributed by atoms with Gasteiger partial charge in [-0.1, -0.05) is 12.1 Å². The SMILES string of the molecule is O=C1Nc2ccc(F)cc2/C1=C/c1cccc(C(F)(F)F)c1. The number of fused-ring (bicyclic) bond motifs is 1. The topological polar surface area (TPSA) is 29.1 Å². The van der Waals surface area contributed by atoms with E-state index in [0.29, 0.717) is 11.3 Å². The van der Waals surface area contributed by atoms with Crippen LogP contribution in [-0.2, 0) is 11.0 Å². The zero-order valence-electron chi connectivity index (χ0n) is 11.0. The number of hydrogen-bond acceptors (Lipinski definition) is 1. The normalized spacial score (nSPS) is 15.8. The van der Waals surface area contributed by atoms with Gasteiger partial charge in [0.05, 0.1) is 5.56 Å². The molecule has 3 rings (SSSR count). The van der Waals surface area contributed by atoms with Crippen molar-refractivity contribution in [2.24, 2.45) is 0 Å². The van der Waals surface area contributed by atoms with Gasteiger partial charge in [0.1, 0.15) is 5.82 Å². The lowest BCUT2D eigenvalue weighted by Gasteiger charge is -2.07. The van der Waals surface area contributed by atoms with Crippen LogP contribution in [0.4, 0.5) is 23.2 Å². The summed E-state index contributed by atoms with van der Waals surface area (Å²) >= 11 is 0. The number of nitrogens with one attached hydrogen (secondary N) is 1. The van der Waals surface area contributed by atoms with Gasteiger partial charge in [0, 0.05) is 16.8 Å². The van der Waals surface area contributed by atoms with E-state index in [0.717, 1.165) is 12.1 Å². The Bertz CT molecular complexity index is 793. The number of hydrogen-bond donors (Lipinski definition) is 1. The first-order valence-electron chi connectivity index (χ1n) is 6.35. The molecule has 2 nitrogen and oxygen atoms in total. The summed E-state index contributed by atoms with van der Waals surface area (Å²) < 4.78 is 51.4. The second-order valence-corrected chi connectivity index (χ2v) is 4.83. The molecule has 0 spiro atoms. The van der Waals surface area contributed by atoms with Gasteiger partial charge in [-0.05, 0) is 42.0 Å². The van der Waals surface area contributed by atoms with Crippen molar-refractivity contribution in [3.8, 4) is 0 Å². The van der Waals surface area contributed by atoms with Gasteiger partial charge in [0.25, 0.3) is 5.91 Å². The van der Waals surface area contributed by atoms with Gasteiger partial charge in [-0.3, -0.25) is 4.79 Å². The molecule has 1 aliphatic heterocycles. The third-order valence-electron chi connectivity index (χ3n) is 3.29. The molecule has 0 saturated heterocycles. The average Bonchev–Trinajstić information content (AvgIpc) is 2.75. The van der Waals surface area contributed by atoms with Crippen LogP contribution in [0.3, 0.4) is 0 Å². The van der Waals surface area contributed by atoms with E-state index in [4.69, 9.17) is 0 Å². The van der Waals surface area contributed by atoms with Crippen molar-refractivity contribution >= 4 is 23.2 Å². The van der Waals surface area contributed by atoms with Crippen LogP contribution >= 0.6 is 0 Å². The molecular formula is C16H9F4NO. The smallest absolute Gasteiger partial charge is 0.321 e. The maximum atomic E-state index is 13.3. The summed E-state index contributed by atoms with van der Waals surface area (Å²) in [6.07, 6.45) is -3.15. The number of halogens is 4. The fraction of sp³-hybridized carbons (Fsp3) is 0.0625. The maximum Gasteiger partial charge on any atom is 0.416 e. The lowest BCUT2D eigenvalue weighted by Crippen LogP contribution is -2.05. The number of carbonyl (C=O) groups is 1. The molecule has 112 valence electrons. The average molecular weight is 307 g/mol. The minimum atomic E-state index is -4.46. The van der Waals surface area contributed by atoms with Gasteiger partial charge in [-0.15, -0.1) is 0 Å². The molecule has 0 unspecified atom stereocenters. The number of carbonyl (C=O) groups excluding carboxylic acids is 1. The molecule has 0 atom stereocenters. The summed E-state index contributed by atoms with van der Waals surface area (Å²) in [5, 5.41) is 2.54. The molecule has 2 aromatic rings. The van der Waals surface area contributed by atoms with Crippen LogP contribution in [0.1, 0.15) is 16.7 Å². The molecular weight excluding hydrogens is 298 g/mol. The quantitative estimate of drug-likeness (QED) is 0.616. The first kappa shape index (κ1) is 14.3. The minimum Gasteiger partial charge on any atom is -0.321 e. The van der Waals surface area contributed by atoms with Gasteiger partial charge < -0.3 is 5.32 Å². The van der Waals surface area contributed by atoms with Crippen LogP contribution < -0.4 is 5.32 Å². The molecule has 1 heterocycles. The molecule has 1 N–H and O–H groups in total. The fourth-order valence-electron chi connectivity index (χ4n) is 2.28. The molecule has 1 aliphatic rings. The van der Waals surface area contributed by atoms with E-state index >= 15 is 0 Å². The van der Waals surface area contributed by atoms with Crippen molar-refractivity contribution in [1.29, 1.82) is 0 Å². The molecule has 1 amide bonds. The van der Waals surface area contributed by atoms with Crippen molar-refractivity contribution < 1.29 is 22.4 Å². The van der Waals surface area contributed by atoms with E-state index in [1.807, 2.05) is 0 Å². The van der Waals surface area contributed by atoms with Crippen molar-refractivity contribution in [1.82, 2.24) is 0 Å². The highest BCUT2D eigenvalue weighted by molar-refractivity contribution is 6.34. The highest BCUT2D eigenvalue weighted by Crippen LogP contribution is 2.35. The van der Waals surface area contributed by atoms with E-state index in [2.05, 4.69) is 5.32 Å². The molecule has 22 heavy (non-hydrogen) atoms. The maximum absolute atomic E-state index is 13.3. The monoisotopic (exact) mass is 307 g/mol. The first-order valence-corrected chi connectivity index (χ1v) is 6.35. The molecule has 2 aromatic carbocycles. The highest BCUT2D eigenvalue weighted by atomic mass is 19.4. The van der Waals surface area contributed by atoms with Gasteiger partial charge >= 0.3 is 6.18 Å². The summed E-state index contributed by atoms with van der Waals surface area (Å²) in [6, 6.07) is 8.39. The molecule has 0 radical (unpaired) electrons. The Kier molecular flexibility index (Phi) is 3.24. The van der Waals surface area contributed by atoms with E-state index in [9.17, 15) is 22.4 Å². The van der Waals surface area contributed by atoms with Crippen LogP contribution in [0.15, 0.2) is 42.5 Å². The minimum absolute atomic E-state index is 0.133. The standard InChI is InChI=1S/C16H9F4NO/c17-11-4-5-14-12(8-11)13(15(22)21-14)7-9-2-1-3-10(6-9)16(18,19)20/h1-8H,(H,21,22)/b13-7-. The van der Waals surface area contributed by atoms with Gasteiger partial charge in [0.2, 0.25) is 0 Å². The van der Waals surface area contributed by atoms with E-state index in [1.165, 1.54) is 36.4 Å². The summed E-state index contributed by atoms with van der Waals surface area (Å²) in [5.74, 6) is -0.997. The number of alkyl halides is 3. The molecule has 0 aliphatic carbocycles. The Labute approximate surface area is 123 Å². The van der Waals surface area contributed by atoms with Gasteiger partial charge in [-0.25, -0.2) is 4.39 Å².